The second-order valence-corrected chi connectivity index (χ2v) is 5.57. The minimum atomic E-state index is -0.858. The molecule has 1 aliphatic heterocycles. The maximum absolute atomic E-state index is 10.6. The van der Waals surface area contributed by atoms with Gasteiger partial charge in [0.15, 0.2) is 0 Å². The van der Waals surface area contributed by atoms with Crippen molar-refractivity contribution in [1.29, 1.82) is 0 Å². The number of hydrogen-bond donors (Lipinski definition) is 2. The van der Waals surface area contributed by atoms with E-state index in [1.54, 1.807) is 0 Å². The molecule has 0 saturated carbocycles. The summed E-state index contributed by atoms with van der Waals surface area (Å²) in [5.41, 5.74) is 2.08. The smallest absolute Gasteiger partial charge is 0.317 e. The summed E-state index contributed by atoms with van der Waals surface area (Å²) < 4.78 is 11.3. The number of carbonyl (C=O) groups is 1. The van der Waals surface area contributed by atoms with Crippen molar-refractivity contribution in [1.82, 2.24) is 5.32 Å². The summed E-state index contributed by atoms with van der Waals surface area (Å²) in [5, 5.41) is 11.6. The Labute approximate surface area is 131 Å². The van der Waals surface area contributed by atoms with Gasteiger partial charge in [-0.15, -0.1) is 0 Å². The zero-order valence-electron chi connectivity index (χ0n) is 13.2. The van der Waals surface area contributed by atoms with Gasteiger partial charge in [-0.25, -0.2) is 0 Å². The second-order valence-electron chi connectivity index (χ2n) is 5.57. The van der Waals surface area contributed by atoms with E-state index in [1.165, 1.54) is 0 Å². The highest BCUT2D eigenvalue weighted by molar-refractivity contribution is 5.69. The lowest BCUT2D eigenvalue weighted by Crippen LogP contribution is -2.36. The summed E-state index contributed by atoms with van der Waals surface area (Å²) in [6, 6.07) is 6.04. The summed E-state index contributed by atoms with van der Waals surface area (Å²) in [6.07, 6.45) is 0.0852. The van der Waals surface area contributed by atoms with E-state index in [0.717, 1.165) is 43.3 Å². The van der Waals surface area contributed by atoms with Crippen molar-refractivity contribution in [3.8, 4) is 5.75 Å². The Kier molecular flexibility index (Phi) is 6.03. The average molecular weight is 308 g/mol. The van der Waals surface area contributed by atoms with Crippen molar-refractivity contribution in [3.63, 3.8) is 0 Å². The SMILES string of the molecule is CC(C)Oc1cc(CNCC(=O)O)ccc1N1CCOCC1. The molecule has 1 fully saturated rings. The lowest BCUT2D eigenvalue weighted by Gasteiger charge is -2.31. The van der Waals surface area contributed by atoms with Gasteiger partial charge in [0.2, 0.25) is 0 Å². The van der Waals surface area contributed by atoms with E-state index < -0.39 is 5.97 Å². The highest BCUT2D eigenvalue weighted by Gasteiger charge is 2.17. The first-order valence-electron chi connectivity index (χ1n) is 7.61. The van der Waals surface area contributed by atoms with Gasteiger partial charge in [0.1, 0.15) is 5.75 Å². The Morgan fingerprint density at radius 3 is 2.77 bits per heavy atom. The van der Waals surface area contributed by atoms with Crippen LogP contribution in [0.1, 0.15) is 19.4 Å². The van der Waals surface area contributed by atoms with Crippen molar-refractivity contribution in [2.45, 2.75) is 26.5 Å². The highest BCUT2D eigenvalue weighted by atomic mass is 16.5. The van der Waals surface area contributed by atoms with Crippen LogP contribution in [0.3, 0.4) is 0 Å². The van der Waals surface area contributed by atoms with Gasteiger partial charge in [0.25, 0.3) is 0 Å². The molecule has 2 rings (SSSR count). The van der Waals surface area contributed by atoms with Crippen LogP contribution in [0, 0.1) is 0 Å². The molecule has 0 unspecified atom stereocenters. The maximum Gasteiger partial charge on any atom is 0.317 e. The van der Waals surface area contributed by atoms with Crippen LogP contribution in [-0.4, -0.2) is 50.0 Å². The topological polar surface area (TPSA) is 71.0 Å². The summed E-state index contributed by atoms with van der Waals surface area (Å²) in [4.78, 5) is 12.8. The molecule has 1 aromatic carbocycles. The lowest BCUT2D eigenvalue weighted by molar-refractivity contribution is -0.135. The summed E-state index contributed by atoms with van der Waals surface area (Å²) in [7, 11) is 0. The average Bonchev–Trinajstić information content (AvgIpc) is 2.47. The van der Waals surface area contributed by atoms with Crippen LogP contribution in [0.2, 0.25) is 0 Å². The lowest BCUT2D eigenvalue weighted by atomic mass is 10.1. The number of hydrogen-bond acceptors (Lipinski definition) is 5. The minimum absolute atomic E-state index is 0.0500. The Hall–Kier alpha value is -1.79. The van der Waals surface area contributed by atoms with Gasteiger partial charge in [0, 0.05) is 19.6 Å². The zero-order valence-corrected chi connectivity index (χ0v) is 13.2. The molecule has 2 N–H and O–H groups in total. The van der Waals surface area contributed by atoms with Gasteiger partial charge in [-0.05, 0) is 31.5 Å². The Bertz CT molecular complexity index is 499. The molecule has 6 nitrogen and oxygen atoms in total. The number of nitrogens with zero attached hydrogens (tertiary/aromatic N) is 1. The van der Waals surface area contributed by atoms with Gasteiger partial charge >= 0.3 is 5.97 Å². The number of carboxylic acid groups (broad SMARTS) is 1. The molecule has 1 aromatic rings. The number of nitrogens with one attached hydrogen (secondary N) is 1. The fourth-order valence-electron chi connectivity index (χ4n) is 2.40. The quantitative estimate of drug-likeness (QED) is 0.795. The van der Waals surface area contributed by atoms with Crippen LogP contribution in [0.5, 0.6) is 5.75 Å². The fraction of sp³-hybridized carbons (Fsp3) is 0.562. The Morgan fingerprint density at radius 2 is 2.14 bits per heavy atom. The van der Waals surface area contributed by atoms with Crippen molar-refractivity contribution in [3.05, 3.63) is 23.8 Å². The van der Waals surface area contributed by atoms with Crippen LogP contribution in [0.25, 0.3) is 0 Å². The molecule has 0 radical (unpaired) electrons. The van der Waals surface area contributed by atoms with E-state index in [-0.39, 0.29) is 12.6 Å². The third kappa shape index (κ3) is 4.89. The third-order valence-corrected chi connectivity index (χ3v) is 3.34. The molecule has 1 aliphatic rings. The minimum Gasteiger partial charge on any atom is -0.489 e. The second kappa shape index (κ2) is 8.00. The van der Waals surface area contributed by atoms with Crippen LogP contribution < -0.4 is 15.0 Å². The standard InChI is InChI=1S/C16H24N2O4/c1-12(2)22-15-9-13(10-17-11-16(19)20)3-4-14(15)18-5-7-21-8-6-18/h3-4,9,12,17H,5-8,10-11H2,1-2H3,(H,19,20). The largest absolute Gasteiger partial charge is 0.489 e. The van der Waals surface area contributed by atoms with Crippen molar-refractivity contribution < 1.29 is 19.4 Å². The number of anilines is 1. The first-order chi connectivity index (χ1) is 10.6. The number of ether oxygens (including phenoxy) is 2. The summed E-state index contributed by atoms with van der Waals surface area (Å²) in [5.74, 6) is -0.0184. The number of morpholine rings is 1. The number of aliphatic carboxylic acids is 1. The third-order valence-electron chi connectivity index (χ3n) is 3.34. The Balaban J connectivity index is 2.12. The van der Waals surface area contributed by atoms with Crippen LogP contribution in [0.4, 0.5) is 5.69 Å². The molecule has 0 atom stereocenters. The molecule has 0 aliphatic carbocycles. The monoisotopic (exact) mass is 308 g/mol. The van der Waals surface area contributed by atoms with Crippen molar-refractivity contribution in [2.24, 2.45) is 0 Å². The van der Waals surface area contributed by atoms with E-state index in [2.05, 4.69) is 10.2 Å². The fourth-order valence-corrected chi connectivity index (χ4v) is 2.40. The van der Waals surface area contributed by atoms with Gasteiger partial charge in [-0.1, -0.05) is 6.07 Å². The molecular weight excluding hydrogens is 284 g/mol. The predicted octanol–water partition coefficient (Wildman–Crippen LogP) is 1.48. The first kappa shape index (κ1) is 16.6. The molecule has 122 valence electrons. The van der Waals surface area contributed by atoms with Gasteiger partial charge in [-0.3, -0.25) is 4.79 Å². The van der Waals surface area contributed by atoms with Crippen LogP contribution >= 0.6 is 0 Å². The van der Waals surface area contributed by atoms with E-state index in [9.17, 15) is 4.79 Å². The normalized spacial score (nSPS) is 15.1. The van der Waals surface area contributed by atoms with Crippen molar-refractivity contribution in [2.75, 3.05) is 37.7 Å². The van der Waals surface area contributed by atoms with E-state index in [4.69, 9.17) is 14.6 Å². The van der Waals surface area contributed by atoms with Gasteiger partial charge in [0.05, 0.1) is 31.5 Å². The van der Waals surface area contributed by atoms with Gasteiger partial charge in [-0.2, -0.15) is 0 Å². The summed E-state index contributed by atoms with van der Waals surface area (Å²) >= 11 is 0. The van der Waals surface area contributed by atoms with Gasteiger partial charge < -0.3 is 24.8 Å². The molecule has 0 spiro atoms. The number of rotatable bonds is 7. The number of carboxylic acids is 1. The maximum atomic E-state index is 10.6. The molecule has 22 heavy (non-hydrogen) atoms. The number of benzene rings is 1. The Morgan fingerprint density at radius 1 is 1.41 bits per heavy atom. The molecule has 0 bridgehead atoms. The van der Waals surface area contributed by atoms with E-state index in [1.807, 2.05) is 32.0 Å². The zero-order chi connectivity index (χ0) is 15.9. The van der Waals surface area contributed by atoms with Crippen molar-refractivity contribution >= 4 is 11.7 Å². The van der Waals surface area contributed by atoms with Crippen LogP contribution in [0.15, 0.2) is 18.2 Å². The van der Waals surface area contributed by atoms with Crippen LogP contribution in [-0.2, 0) is 16.1 Å². The van der Waals surface area contributed by atoms with E-state index in [0.29, 0.717) is 6.54 Å². The molecule has 6 heteroatoms. The molecule has 0 amide bonds. The summed E-state index contributed by atoms with van der Waals surface area (Å²) in [6.45, 7) is 7.61. The predicted molar refractivity (Wildman–Crippen MR) is 84.6 cm³/mol. The molecule has 1 saturated heterocycles. The molecule has 0 aromatic heterocycles. The highest BCUT2D eigenvalue weighted by Crippen LogP contribution is 2.31. The van der Waals surface area contributed by atoms with E-state index >= 15 is 0 Å². The molecule has 1 heterocycles. The first-order valence-corrected chi connectivity index (χ1v) is 7.61. The molecular formula is C16H24N2O4.